The topological polar surface area (TPSA) is 49.4 Å². The van der Waals surface area contributed by atoms with Crippen molar-refractivity contribution >= 4 is 46.6 Å². The number of nitrogens with one attached hydrogen (secondary N) is 1. The first-order valence-corrected chi connectivity index (χ1v) is 10.9. The highest BCUT2D eigenvalue weighted by Crippen LogP contribution is 2.24. The molecule has 0 aliphatic rings. The molecule has 0 spiro atoms. The molecule has 30 heavy (non-hydrogen) atoms. The van der Waals surface area contributed by atoms with Gasteiger partial charge in [0.15, 0.2) is 0 Å². The quantitative estimate of drug-likeness (QED) is 0.548. The van der Waals surface area contributed by atoms with Crippen LogP contribution in [0, 0.1) is 0 Å². The number of carbonyl (C=O) groups is 2. The highest BCUT2D eigenvalue weighted by molar-refractivity contribution is 6.42. The van der Waals surface area contributed by atoms with Gasteiger partial charge >= 0.3 is 0 Å². The lowest BCUT2D eigenvalue weighted by atomic mass is 10.0. The van der Waals surface area contributed by atoms with Crippen LogP contribution in [-0.4, -0.2) is 28.3 Å². The summed E-state index contributed by atoms with van der Waals surface area (Å²) < 4.78 is 0. The second kappa shape index (κ2) is 10.5. The molecule has 1 atom stereocenters. The van der Waals surface area contributed by atoms with Gasteiger partial charge < -0.3 is 10.2 Å². The maximum absolute atomic E-state index is 13.3. The van der Waals surface area contributed by atoms with Crippen molar-refractivity contribution in [2.45, 2.75) is 58.7 Å². The molecule has 0 unspecified atom stereocenters. The van der Waals surface area contributed by atoms with E-state index in [4.69, 9.17) is 34.8 Å². The molecule has 0 aliphatic carbocycles. The van der Waals surface area contributed by atoms with Gasteiger partial charge in [-0.05, 0) is 62.6 Å². The Kier molecular flexibility index (Phi) is 8.60. The molecule has 2 rings (SSSR count). The Balaban J connectivity index is 2.32. The van der Waals surface area contributed by atoms with E-state index in [0.29, 0.717) is 28.0 Å². The molecule has 0 aromatic heterocycles. The van der Waals surface area contributed by atoms with Crippen molar-refractivity contribution in [2.75, 3.05) is 0 Å². The van der Waals surface area contributed by atoms with Gasteiger partial charge in [-0.25, -0.2) is 0 Å². The Morgan fingerprint density at radius 3 is 2.10 bits per heavy atom. The molecular formula is C23H27Cl3N2O2. The predicted octanol–water partition coefficient (Wildman–Crippen LogP) is 5.91. The summed E-state index contributed by atoms with van der Waals surface area (Å²) >= 11 is 18.1. The summed E-state index contributed by atoms with van der Waals surface area (Å²) in [7, 11) is 0. The summed E-state index contributed by atoms with van der Waals surface area (Å²) in [5.41, 5.74) is 1.23. The van der Waals surface area contributed by atoms with Gasteiger partial charge in [-0.15, -0.1) is 0 Å². The molecule has 0 aliphatic heterocycles. The van der Waals surface area contributed by atoms with Crippen LogP contribution >= 0.6 is 34.8 Å². The second-order valence-electron chi connectivity index (χ2n) is 8.24. The first-order chi connectivity index (χ1) is 14.0. The molecule has 0 saturated heterocycles. The summed E-state index contributed by atoms with van der Waals surface area (Å²) in [6, 6.07) is 11.8. The molecule has 0 saturated carbocycles. The molecule has 2 amide bonds. The summed E-state index contributed by atoms with van der Waals surface area (Å²) in [6.45, 7) is 7.94. The van der Waals surface area contributed by atoms with Crippen molar-refractivity contribution in [1.82, 2.24) is 10.2 Å². The number of hydrogen-bond acceptors (Lipinski definition) is 2. The Bertz CT molecular complexity index is 892. The van der Waals surface area contributed by atoms with Crippen LogP contribution in [0.3, 0.4) is 0 Å². The highest BCUT2D eigenvalue weighted by atomic mass is 35.5. The van der Waals surface area contributed by atoms with Crippen molar-refractivity contribution < 1.29 is 9.59 Å². The third-order valence-corrected chi connectivity index (χ3v) is 5.48. The molecule has 0 bridgehead atoms. The van der Waals surface area contributed by atoms with E-state index in [1.54, 1.807) is 35.2 Å². The number of benzene rings is 2. The highest BCUT2D eigenvalue weighted by Gasteiger charge is 2.30. The van der Waals surface area contributed by atoms with Gasteiger partial charge in [0, 0.05) is 17.1 Å². The molecule has 4 nitrogen and oxygen atoms in total. The van der Waals surface area contributed by atoms with E-state index in [1.807, 2.05) is 39.8 Å². The zero-order valence-corrected chi connectivity index (χ0v) is 19.9. The van der Waals surface area contributed by atoms with E-state index in [1.165, 1.54) is 0 Å². The van der Waals surface area contributed by atoms with Gasteiger partial charge in [-0.1, -0.05) is 59.9 Å². The SMILES string of the molecule is CC[C@H](C(=O)NC(C)(C)C)N(Cc1ccc(Cl)cc1)C(=O)Cc1ccc(Cl)c(Cl)c1. The van der Waals surface area contributed by atoms with Gasteiger partial charge in [0.2, 0.25) is 11.8 Å². The van der Waals surface area contributed by atoms with Crippen LogP contribution in [0.1, 0.15) is 45.2 Å². The third-order valence-electron chi connectivity index (χ3n) is 4.49. The average molecular weight is 470 g/mol. The fourth-order valence-electron chi connectivity index (χ4n) is 3.08. The Morgan fingerprint density at radius 2 is 1.57 bits per heavy atom. The molecule has 7 heteroatoms. The first kappa shape index (κ1) is 24.5. The second-order valence-corrected chi connectivity index (χ2v) is 9.49. The van der Waals surface area contributed by atoms with Gasteiger partial charge in [0.05, 0.1) is 16.5 Å². The maximum Gasteiger partial charge on any atom is 0.243 e. The van der Waals surface area contributed by atoms with E-state index in [-0.39, 0.29) is 18.2 Å². The molecule has 0 fully saturated rings. The first-order valence-electron chi connectivity index (χ1n) is 9.80. The van der Waals surface area contributed by atoms with Crippen LogP contribution in [0.25, 0.3) is 0 Å². The smallest absolute Gasteiger partial charge is 0.243 e. The van der Waals surface area contributed by atoms with Crippen LogP contribution in [0.2, 0.25) is 15.1 Å². The normalized spacial score (nSPS) is 12.4. The summed E-state index contributed by atoms with van der Waals surface area (Å²) in [5, 5.41) is 4.43. The zero-order chi connectivity index (χ0) is 22.5. The third kappa shape index (κ3) is 7.19. The van der Waals surface area contributed by atoms with Crippen molar-refractivity contribution in [2.24, 2.45) is 0 Å². The van der Waals surface area contributed by atoms with Crippen molar-refractivity contribution in [1.29, 1.82) is 0 Å². The van der Waals surface area contributed by atoms with Crippen molar-refractivity contribution in [3.05, 3.63) is 68.7 Å². The minimum atomic E-state index is -0.602. The number of rotatable bonds is 7. The summed E-state index contributed by atoms with van der Waals surface area (Å²) in [4.78, 5) is 27.9. The minimum Gasteiger partial charge on any atom is -0.350 e. The van der Waals surface area contributed by atoms with Crippen LogP contribution in [0.15, 0.2) is 42.5 Å². The van der Waals surface area contributed by atoms with E-state index >= 15 is 0 Å². The number of hydrogen-bond donors (Lipinski definition) is 1. The predicted molar refractivity (Wildman–Crippen MR) is 124 cm³/mol. The standard InChI is InChI=1S/C23H27Cl3N2O2/c1-5-20(22(30)27-23(2,3)4)28(14-15-6-9-17(24)10-7-15)21(29)13-16-8-11-18(25)19(26)12-16/h6-12,20H,5,13-14H2,1-4H3,(H,27,30)/t20-/m1/s1. The number of nitrogens with zero attached hydrogens (tertiary/aromatic N) is 1. The van der Waals surface area contributed by atoms with Gasteiger partial charge in [-0.3, -0.25) is 9.59 Å². The van der Waals surface area contributed by atoms with Gasteiger partial charge in [-0.2, -0.15) is 0 Å². The maximum atomic E-state index is 13.3. The molecule has 0 heterocycles. The Morgan fingerprint density at radius 1 is 0.967 bits per heavy atom. The van der Waals surface area contributed by atoms with E-state index in [9.17, 15) is 9.59 Å². The monoisotopic (exact) mass is 468 g/mol. The minimum absolute atomic E-state index is 0.115. The van der Waals surface area contributed by atoms with Crippen LogP contribution in [0.4, 0.5) is 0 Å². The molecular weight excluding hydrogens is 443 g/mol. The van der Waals surface area contributed by atoms with Crippen molar-refractivity contribution in [3.8, 4) is 0 Å². The van der Waals surface area contributed by atoms with E-state index in [2.05, 4.69) is 5.32 Å². The fourth-order valence-corrected chi connectivity index (χ4v) is 3.53. The molecule has 1 N–H and O–H groups in total. The number of carbonyl (C=O) groups excluding carboxylic acids is 2. The van der Waals surface area contributed by atoms with Crippen LogP contribution < -0.4 is 5.32 Å². The summed E-state index contributed by atoms with van der Waals surface area (Å²) in [6.07, 6.45) is 0.604. The lowest BCUT2D eigenvalue weighted by Crippen LogP contribution is -2.53. The zero-order valence-electron chi connectivity index (χ0n) is 17.6. The molecule has 2 aromatic carbocycles. The Hall–Kier alpha value is -1.75. The molecule has 0 radical (unpaired) electrons. The van der Waals surface area contributed by atoms with Gasteiger partial charge in [0.1, 0.15) is 6.04 Å². The largest absolute Gasteiger partial charge is 0.350 e. The fraction of sp³-hybridized carbons (Fsp3) is 0.391. The average Bonchev–Trinajstić information content (AvgIpc) is 2.64. The molecule has 2 aromatic rings. The molecule has 162 valence electrons. The summed E-state index contributed by atoms with van der Waals surface area (Å²) in [5.74, 6) is -0.347. The van der Waals surface area contributed by atoms with Crippen molar-refractivity contribution in [3.63, 3.8) is 0 Å². The van der Waals surface area contributed by atoms with E-state index in [0.717, 1.165) is 11.1 Å². The Labute approximate surface area is 193 Å². The number of amides is 2. The van der Waals surface area contributed by atoms with Crippen LogP contribution in [0.5, 0.6) is 0 Å². The van der Waals surface area contributed by atoms with Crippen LogP contribution in [-0.2, 0) is 22.6 Å². The number of halogens is 3. The van der Waals surface area contributed by atoms with Gasteiger partial charge in [0.25, 0.3) is 0 Å². The van der Waals surface area contributed by atoms with E-state index < -0.39 is 11.6 Å². The lowest BCUT2D eigenvalue weighted by molar-refractivity contribution is -0.141. The lowest BCUT2D eigenvalue weighted by Gasteiger charge is -2.33.